The number of hydrogen-bond donors (Lipinski definition) is 2. The predicted molar refractivity (Wildman–Crippen MR) is 180 cm³/mol. The fraction of sp³-hybridized carbons (Fsp3) is 0.618. The Morgan fingerprint density at radius 1 is 1.00 bits per heavy atom. The van der Waals surface area contributed by atoms with Crippen LogP contribution in [-0.4, -0.2) is 89.8 Å². The molecule has 6 rings (SSSR count). The van der Waals surface area contributed by atoms with E-state index in [9.17, 15) is 14.4 Å². The van der Waals surface area contributed by atoms with Crippen molar-refractivity contribution in [3.05, 3.63) is 44.6 Å². The molecule has 1 atom stereocenters. The zero-order chi connectivity index (χ0) is 31.7. The van der Waals surface area contributed by atoms with Gasteiger partial charge in [-0.2, -0.15) is 0 Å². The molecule has 4 aliphatic rings. The molecule has 1 aromatic heterocycles. The van der Waals surface area contributed by atoms with E-state index < -0.39 is 5.92 Å². The highest BCUT2D eigenvalue weighted by Gasteiger charge is 2.36. The van der Waals surface area contributed by atoms with Crippen LogP contribution in [0.4, 0.5) is 16.2 Å². The Morgan fingerprint density at radius 2 is 1.64 bits per heavy atom. The molecule has 0 unspecified atom stereocenters. The molecule has 2 aromatic rings. The number of nitrogens with two attached hydrogens (primary N) is 1. The molecule has 45 heavy (non-hydrogen) atoms. The number of carbonyl (C=O) groups is 3. The summed E-state index contributed by atoms with van der Waals surface area (Å²) in [6.45, 7) is 7.55. The van der Waals surface area contributed by atoms with Gasteiger partial charge in [-0.3, -0.25) is 9.59 Å². The van der Waals surface area contributed by atoms with Gasteiger partial charge >= 0.3 is 6.03 Å². The lowest BCUT2D eigenvalue weighted by atomic mass is 9.78. The normalized spacial score (nSPS) is 21.5. The van der Waals surface area contributed by atoms with Gasteiger partial charge in [0.05, 0.1) is 28.9 Å². The Kier molecular flexibility index (Phi) is 9.92. The maximum absolute atomic E-state index is 14.1. The van der Waals surface area contributed by atoms with Crippen molar-refractivity contribution in [3.63, 3.8) is 0 Å². The number of urea groups is 1. The third-order valence-corrected chi connectivity index (χ3v) is 12.0. The average Bonchev–Trinajstić information content (AvgIpc) is 3.50. The molecule has 0 aliphatic carbocycles. The topological polar surface area (TPSA) is 102 Å². The van der Waals surface area contributed by atoms with Crippen LogP contribution in [-0.2, 0) is 22.6 Å². The minimum atomic E-state index is -0.459. The Hall–Kier alpha value is -2.82. The van der Waals surface area contributed by atoms with Crippen molar-refractivity contribution in [2.24, 2.45) is 17.8 Å². The molecule has 5 heterocycles. The number of likely N-dealkylation sites (tertiary alicyclic amines) is 3. The number of carbonyl (C=O) groups excluding carboxylic acids is 3. The molecule has 4 aliphatic heterocycles. The number of piperidine rings is 3. The highest BCUT2D eigenvalue weighted by Crippen LogP contribution is 2.35. The largest absolute Gasteiger partial charge is 0.397 e. The summed E-state index contributed by atoms with van der Waals surface area (Å²) in [4.78, 5) is 50.0. The standard InChI is InChI=1S/C34H47ClN6O3S/c1-22-17-23(19-28(35)32(22)36)18-26(33(43)40-12-5-25(6-13-40)24-3-10-38(2)11-4-24)20-31(42)39-14-7-27(8-15-39)41-21-30-29(9-16-45-30)37-34(41)44/h9,16-17,19,24-27H,3-8,10-15,18,20-21,36H2,1-2H3,(H,37,44)/t26-/m0/s1. The maximum Gasteiger partial charge on any atom is 0.322 e. The van der Waals surface area contributed by atoms with Crippen LogP contribution < -0.4 is 11.1 Å². The van der Waals surface area contributed by atoms with Crippen LogP contribution in [0.5, 0.6) is 0 Å². The second-order valence-electron chi connectivity index (χ2n) is 13.6. The molecule has 0 spiro atoms. The van der Waals surface area contributed by atoms with Gasteiger partial charge in [0.25, 0.3) is 0 Å². The fourth-order valence-corrected chi connectivity index (χ4v) is 8.99. The van der Waals surface area contributed by atoms with E-state index >= 15 is 0 Å². The van der Waals surface area contributed by atoms with Crippen molar-refractivity contribution in [2.45, 2.75) is 70.9 Å². The van der Waals surface area contributed by atoms with Crippen molar-refractivity contribution in [3.8, 4) is 0 Å². The third-order valence-electron chi connectivity index (χ3n) is 10.7. The molecule has 3 fully saturated rings. The van der Waals surface area contributed by atoms with E-state index in [1.54, 1.807) is 11.3 Å². The summed E-state index contributed by atoms with van der Waals surface area (Å²) in [5, 5.41) is 5.49. The first-order valence-corrected chi connectivity index (χ1v) is 17.9. The third kappa shape index (κ3) is 7.28. The number of thiophene rings is 1. The van der Waals surface area contributed by atoms with Crippen LogP contribution in [0, 0.1) is 24.7 Å². The first-order chi connectivity index (χ1) is 21.7. The van der Waals surface area contributed by atoms with Crippen LogP contribution in [0.25, 0.3) is 0 Å². The van der Waals surface area contributed by atoms with Gasteiger partial charge in [-0.15, -0.1) is 11.3 Å². The van der Waals surface area contributed by atoms with E-state index in [-0.39, 0.29) is 30.3 Å². The Balaban J connectivity index is 1.09. The molecule has 0 radical (unpaired) electrons. The molecule has 0 bridgehead atoms. The second kappa shape index (κ2) is 13.9. The van der Waals surface area contributed by atoms with E-state index in [1.807, 2.05) is 45.2 Å². The number of fused-ring (bicyclic) bond motifs is 1. The molecule has 0 saturated carbocycles. The Labute approximate surface area is 276 Å². The predicted octanol–water partition coefficient (Wildman–Crippen LogP) is 5.46. The summed E-state index contributed by atoms with van der Waals surface area (Å²) in [5.74, 6) is 1.05. The van der Waals surface area contributed by atoms with Gasteiger partial charge in [-0.1, -0.05) is 17.7 Å². The van der Waals surface area contributed by atoms with Gasteiger partial charge in [0, 0.05) is 43.5 Å². The molecule has 9 nitrogen and oxygen atoms in total. The molecule has 11 heteroatoms. The van der Waals surface area contributed by atoms with Crippen LogP contribution in [0.1, 0.15) is 60.9 Å². The van der Waals surface area contributed by atoms with Crippen LogP contribution in [0.15, 0.2) is 23.6 Å². The zero-order valence-electron chi connectivity index (χ0n) is 26.6. The lowest BCUT2D eigenvalue weighted by molar-refractivity contribution is -0.143. The van der Waals surface area contributed by atoms with E-state index in [0.29, 0.717) is 42.7 Å². The van der Waals surface area contributed by atoms with Gasteiger partial charge < -0.3 is 30.7 Å². The fourth-order valence-electron chi connectivity index (χ4n) is 7.87. The summed E-state index contributed by atoms with van der Waals surface area (Å²) >= 11 is 8.09. The Morgan fingerprint density at radius 3 is 2.31 bits per heavy atom. The number of nitrogens with one attached hydrogen (secondary N) is 1. The van der Waals surface area contributed by atoms with Gasteiger partial charge in [-0.05, 0) is 112 Å². The second-order valence-corrected chi connectivity index (χ2v) is 15.1. The first-order valence-electron chi connectivity index (χ1n) is 16.6. The lowest BCUT2D eigenvalue weighted by Crippen LogP contribution is -2.51. The van der Waals surface area contributed by atoms with E-state index in [2.05, 4.69) is 17.3 Å². The molecule has 3 saturated heterocycles. The number of nitrogens with zero attached hydrogens (tertiary/aromatic N) is 4. The minimum absolute atomic E-state index is 0.00918. The van der Waals surface area contributed by atoms with Crippen LogP contribution >= 0.6 is 22.9 Å². The van der Waals surface area contributed by atoms with Crippen molar-refractivity contribution in [1.82, 2.24) is 19.6 Å². The summed E-state index contributed by atoms with van der Waals surface area (Å²) < 4.78 is 0. The monoisotopic (exact) mass is 654 g/mol. The van der Waals surface area contributed by atoms with Gasteiger partial charge in [0.15, 0.2) is 0 Å². The number of hydrogen-bond acceptors (Lipinski definition) is 6. The highest BCUT2D eigenvalue weighted by molar-refractivity contribution is 7.10. The molecular weight excluding hydrogens is 608 g/mol. The van der Waals surface area contributed by atoms with Crippen molar-refractivity contribution in [1.29, 1.82) is 0 Å². The number of aryl methyl sites for hydroxylation is 1. The quantitative estimate of drug-likeness (QED) is 0.386. The molecular formula is C34H47ClN6O3S. The highest BCUT2D eigenvalue weighted by atomic mass is 35.5. The average molecular weight is 655 g/mol. The maximum atomic E-state index is 14.1. The summed E-state index contributed by atoms with van der Waals surface area (Å²) in [7, 11) is 2.20. The number of rotatable bonds is 7. The number of anilines is 2. The van der Waals surface area contributed by atoms with Crippen LogP contribution in [0.2, 0.25) is 5.02 Å². The van der Waals surface area contributed by atoms with Crippen LogP contribution in [0.3, 0.4) is 0 Å². The van der Waals surface area contributed by atoms with Gasteiger partial charge in [-0.25, -0.2) is 4.79 Å². The van der Waals surface area contributed by atoms with Crippen molar-refractivity contribution < 1.29 is 14.4 Å². The van der Waals surface area contributed by atoms with Crippen molar-refractivity contribution >= 4 is 52.2 Å². The summed E-state index contributed by atoms with van der Waals surface area (Å²) in [6, 6.07) is 5.81. The SMILES string of the molecule is Cc1cc(C[C@@H](CC(=O)N2CCC(N3Cc4sccc4NC3=O)CC2)C(=O)N2CCC(C3CCN(C)CC3)CC2)cc(Cl)c1N. The molecule has 244 valence electrons. The molecule has 3 N–H and O–H groups in total. The Bertz CT molecular complexity index is 1370. The number of amides is 4. The molecule has 4 amide bonds. The summed E-state index contributed by atoms with van der Waals surface area (Å²) in [6.07, 6.45) is 6.66. The lowest BCUT2D eigenvalue weighted by Gasteiger charge is -2.41. The van der Waals surface area contributed by atoms with Gasteiger partial charge in [0.1, 0.15) is 0 Å². The van der Waals surface area contributed by atoms with E-state index in [1.165, 1.54) is 17.7 Å². The van der Waals surface area contributed by atoms with E-state index in [4.69, 9.17) is 17.3 Å². The number of nitrogen functional groups attached to an aromatic ring is 1. The van der Waals surface area contributed by atoms with E-state index in [0.717, 1.165) is 74.6 Å². The zero-order valence-corrected chi connectivity index (χ0v) is 28.2. The molecule has 1 aromatic carbocycles. The first kappa shape index (κ1) is 32.1. The number of halogens is 1. The van der Waals surface area contributed by atoms with Gasteiger partial charge in [0.2, 0.25) is 11.8 Å². The summed E-state index contributed by atoms with van der Waals surface area (Å²) in [5.41, 5.74) is 9.39. The minimum Gasteiger partial charge on any atom is -0.397 e. The smallest absolute Gasteiger partial charge is 0.322 e. The number of benzene rings is 1. The van der Waals surface area contributed by atoms with Crippen molar-refractivity contribution in [2.75, 3.05) is 57.4 Å².